The second-order valence-corrected chi connectivity index (χ2v) is 5.40. The Morgan fingerprint density at radius 3 is 2.94 bits per heavy atom. The Kier molecular flexibility index (Phi) is 4.17. The number of rotatable bonds is 3. The van der Waals surface area contributed by atoms with Gasteiger partial charge in [-0.05, 0) is 53.4 Å². The van der Waals surface area contributed by atoms with E-state index in [2.05, 4.69) is 15.9 Å². The predicted octanol–water partition coefficient (Wildman–Crippen LogP) is 2.92. The summed E-state index contributed by atoms with van der Waals surface area (Å²) < 4.78 is 19.0. The molecule has 1 heterocycles. The van der Waals surface area contributed by atoms with Gasteiger partial charge in [-0.3, -0.25) is 0 Å². The number of ether oxygens (including phenoxy) is 1. The maximum absolute atomic E-state index is 13.1. The molecule has 17 heavy (non-hydrogen) atoms. The van der Waals surface area contributed by atoms with E-state index in [9.17, 15) is 9.50 Å². The molecule has 0 aliphatic carbocycles. The van der Waals surface area contributed by atoms with E-state index < -0.39 is 6.10 Å². The summed E-state index contributed by atoms with van der Waals surface area (Å²) in [5, 5.41) is 10.1. The molecule has 1 aromatic rings. The Morgan fingerprint density at radius 2 is 2.35 bits per heavy atom. The molecule has 1 N–H and O–H groups in total. The van der Waals surface area contributed by atoms with Crippen LogP contribution in [0.3, 0.4) is 0 Å². The summed E-state index contributed by atoms with van der Waals surface area (Å²) >= 11 is 3.15. The highest BCUT2D eigenvalue weighted by Crippen LogP contribution is 2.26. The molecule has 2 rings (SSSR count). The zero-order valence-corrected chi connectivity index (χ0v) is 11.3. The summed E-state index contributed by atoms with van der Waals surface area (Å²) in [5.74, 6) is -0.0976. The van der Waals surface area contributed by atoms with Crippen molar-refractivity contribution in [3.63, 3.8) is 0 Å². The van der Waals surface area contributed by atoms with E-state index in [1.807, 2.05) is 6.92 Å². The number of hydrogen-bond donors (Lipinski definition) is 1. The third-order valence-electron chi connectivity index (χ3n) is 3.36. The van der Waals surface area contributed by atoms with Crippen molar-refractivity contribution in [2.24, 2.45) is 5.92 Å². The van der Waals surface area contributed by atoms with Crippen molar-refractivity contribution in [3.05, 3.63) is 34.1 Å². The molecule has 0 bridgehead atoms. The smallest absolute Gasteiger partial charge is 0.137 e. The van der Waals surface area contributed by atoms with Gasteiger partial charge in [0.15, 0.2) is 0 Å². The molecule has 0 amide bonds. The van der Waals surface area contributed by atoms with Crippen molar-refractivity contribution in [1.29, 1.82) is 0 Å². The second-order valence-electron chi connectivity index (χ2n) is 4.55. The minimum atomic E-state index is -0.426. The van der Waals surface area contributed by atoms with Crippen molar-refractivity contribution in [1.82, 2.24) is 0 Å². The van der Waals surface area contributed by atoms with Gasteiger partial charge in [-0.25, -0.2) is 4.39 Å². The van der Waals surface area contributed by atoms with Crippen molar-refractivity contribution < 1.29 is 14.2 Å². The van der Waals surface area contributed by atoms with E-state index in [1.54, 1.807) is 12.1 Å². The number of aliphatic hydroxyl groups excluding tert-OH is 1. The van der Waals surface area contributed by atoms with Crippen LogP contribution in [-0.4, -0.2) is 23.9 Å². The lowest BCUT2D eigenvalue weighted by Gasteiger charge is -2.21. The lowest BCUT2D eigenvalue weighted by Crippen LogP contribution is -2.28. The SMILES string of the molecule is CC1OCCC1C(O)Cc1ccc(F)c(Br)c1. The summed E-state index contributed by atoms with van der Waals surface area (Å²) in [6.45, 7) is 2.71. The predicted molar refractivity (Wildman–Crippen MR) is 67.3 cm³/mol. The van der Waals surface area contributed by atoms with Crippen LogP contribution in [0.25, 0.3) is 0 Å². The molecule has 1 fully saturated rings. The summed E-state index contributed by atoms with van der Waals surface area (Å²) in [6.07, 6.45) is 1.11. The van der Waals surface area contributed by atoms with Crippen LogP contribution in [0.4, 0.5) is 4.39 Å². The van der Waals surface area contributed by atoms with Crippen LogP contribution in [0, 0.1) is 11.7 Å². The van der Waals surface area contributed by atoms with Gasteiger partial charge in [0, 0.05) is 12.5 Å². The van der Waals surface area contributed by atoms with Gasteiger partial charge in [-0.15, -0.1) is 0 Å². The molecule has 0 aromatic heterocycles. The van der Waals surface area contributed by atoms with E-state index >= 15 is 0 Å². The highest BCUT2D eigenvalue weighted by atomic mass is 79.9. The molecule has 2 nitrogen and oxygen atoms in total. The maximum Gasteiger partial charge on any atom is 0.137 e. The Balaban J connectivity index is 2.02. The maximum atomic E-state index is 13.1. The lowest BCUT2D eigenvalue weighted by molar-refractivity contribution is 0.0440. The quantitative estimate of drug-likeness (QED) is 0.930. The highest BCUT2D eigenvalue weighted by Gasteiger charge is 2.30. The van der Waals surface area contributed by atoms with Gasteiger partial charge in [0.05, 0.1) is 16.7 Å². The number of halogens is 2. The Bertz CT molecular complexity index is 397. The molecule has 1 saturated heterocycles. The van der Waals surface area contributed by atoms with Gasteiger partial charge in [-0.2, -0.15) is 0 Å². The molecule has 3 atom stereocenters. The van der Waals surface area contributed by atoms with Crippen LogP contribution in [-0.2, 0) is 11.2 Å². The second kappa shape index (κ2) is 5.46. The standard InChI is InChI=1S/C13H16BrFO2/c1-8-10(4-5-17-8)13(16)7-9-2-3-12(15)11(14)6-9/h2-3,6,8,10,13,16H,4-5,7H2,1H3. The fraction of sp³-hybridized carbons (Fsp3) is 0.538. The van der Waals surface area contributed by atoms with E-state index in [4.69, 9.17) is 4.74 Å². The van der Waals surface area contributed by atoms with E-state index in [0.717, 1.165) is 18.6 Å². The first kappa shape index (κ1) is 13.0. The molecular formula is C13H16BrFO2. The lowest BCUT2D eigenvalue weighted by atomic mass is 9.91. The van der Waals surface area contributed by atoms with Gasteiger partial charge >= 0.3 is 0 Å². The van der Waals surface area contributed by atoms with Crippen LogP contribution in [0.2, 0.25) is 0 Å². The fourth-order valence-electron chi connectivity index (χ4n) is 2.31. The summed E-state index contributed by atoms with van der Waals surface area (Å²) in [4.78, 5) is 0. The van der Waals surface area contributed by atoms with Crippen LogP contribution < -0.4 is 0 Å². The molecule has 1 aliphatic heterocycles. The monoisotopic (exact) mass is 302 g/mol. The van der Waals surface area contributed by atoms with Crippen LogP contribution in [0.15, 0.2) is 22.7 Å². The average Bonchev–Trinajstić information content (AvgIpc) is 2.70. The van der Waals surface area contributed by atoms with E-state index in [0.29, 0.717) is 10.9 Å². The van der Waals surface area contributed by atoms with E-state index in [-0.39, 0.29) is 17.8 Å². The number of aliphatic hydroxyl groups is 1. The molecular weight excluding hydrogens is 287 g/mol. The minimum absolute atomic E-state index is 0.105. The average molecular weight is 303 g/mol. The van der Waals surface area contributed by atoms with Crippen molar-refractivity contribution in [2.75, 3.05) is 6.61 Å². The molecule has 0 saturated carbocycles. The van der Waals surface area contributed by atoms with E-state index in [1.165, 1.54) is 6.07 Å². The first-order valence-electron chi connectivity index (χ1n) is 5.81. The van der Waals surface area contributed by atoms with Gasteiger partial charge in [0.1, 0.15) is 5.82 Å². The highest BCUT2D eigenvalue weighted by molar-refractivity contribution is 9.10. The third kappa shape index (κ3) is 3.06. The zero-order chi connectivity index (χ0) is 12.4. The fourth-order valence-corrected chi connectivity index (χ4v) is 2.74. The summed E-state index contributed by atoms with van der Waals surface area (Å²) in [7, 11) is 0. The molecule has 3 unspecified atom stereocenters. The van der Waals surface area contributed by atoms with Gasteiger partial charge in [0.2, 0.25) is 0 Å². The topological polar surface area (TPSA) is 29.5 Å². The molecule has 0 radical (unpaired) electrons. The first-order valence-corrected chi connectivity index (χ1v) is 6.61. The molecule has 1 aliphatic rings. The number of hydrogen-bond acceptors (Lipinski definition) is 2. The Hall–Kier alpha value is -0.450. The number of benzene rings is 1. The first-order chi connectivity index (χ1) is 8.08. The Morgan fingerprint density at radius 1 is 1.59 bits per heavy atom. The van der Waals surface area contributed by atoms with Crippen molar-refractivity contribution in [2.45, 2.75) is 32.0 Å². The third-order valence-corrected chi connectivity index (χ3v) is 3.97. The summed E-state index contributed by atoms with van der Waals surface area (Å²) in [6, 6.07) is 4.85. The summed E-state index contributed by atoms with van der Waals surface area (Å²) in [5.41, 5.74) is 0.935. The van der Waals surface area contributed by atoms with Gasteiger partial charge in [0.25, 0.3) is 0 Å². The van der Waals surface area contributed by atoms with Crippen LogP contribution in [0.5, 0.6) is 0 Å². The van der Waals surface area contributed by atoms with Gasteiger partial charge < -0.3 is 9.84 Å². The zero-order valence-electron chi connectivity index (χ0n) is 9.70. The largest absolute Gasteiger partial charge is 0.392 e. The normalized spacial score (nSPS) is 26.1. The van der Waals surface area contributed by atoms with Crippen molar-refractivity contribution in [3.8, 4) is 0 Å². The Labute approximate surface area is 109 Å². The molecule has 94 valence electrons. The van der Waals surface area contributed by atoms with Crippen molar-refractivity contribution >= 4 is 15.9 Å². The molecule has 0 spiro atoms. The van der Waals surface area contributed by atoms with Crippen LogP contribution >= 0.6 is 15.9 Å². The molecule has 4 heteroatoms. The van der Waals surface area contributed by atoms with Gasteiger partial charge in [-0.1, -0.05) is 6.07 Å². The molecule has 1 aromatic carbocycles. The minimum Gasteiger partial charge on any atom is -0.392 e. The van der Waals surface area contributed by atoms with Crippen LogP contribution in [0.1, 0.15) is 18.9 Å².